The summed E-state index contributed by atoms with van der Waals surface area (Å²) in [7, 11) is -2.53. The second kappa shape index (κ2) is 11.6. The number of methoxy groups -OCH3 is 1. The third-order valence-corrected chi connectivity index (χ3v) is 9.92. The summed E-state index contributed by atoms with van der Waals surface area (Å²) >= 11 is 2.05. The number of rotatable bonds is 7. The molecule has 1 N–H and O–H groups in total. The van der Waals surface area contributed by atoms with Gasteiger partial charge in [-0.15, -0.1) is 0 Å². The molecular formula is C34H31IN2O4S. The van der Waals surface area contributed by atoms with Crippen molar-refractivity contribution in [3.05, 3.63) is 122 Å². The largest absolute Gasteiger partial charge is 0.493 e. The lowest BCUT2D eigenvalue weighted by Crippen LogP contribution is -2.29. The molecule has 0 saturated heterocycles. The zero-order valence-corrected chi connectivity index (χ0v) is 26.5. The van der Waals surface area contributed by atoms with E-state index in [2.05, 4.69) is 82.3 Å². The molecule has 1 aliphatic heterocycles. The van der Waals surface area contributed by atoms with E-state index in [0.29, 0.717) is 21.2 Å². The van der Waals surface area contributed by atoms with Gasteiger partial charge in [0.05, 0.1) is 22.4 Å². The van der Waals surface area contributed by atoms with Gasteiger partial charge < -0.3 is 14.2 Å². The normalized spacial score (nSPS) is 19.3. The van der Waals surface area contributed by atoms with Crippen molar-refractivity contribution >= 4 is 50.3 Å². The fourth-order valence-corrected chi connectivity index (χ4v) is 7.56. The summed E-state index contributed by atoms with van der Waals surface area (Å²) in [6, 6.07) is 25.3. The maximum atomic E-state index is 12.9. The summed E-state index contributed by atoms with van der Waals surface area (Å²) in [5, 5.41) is 3.79. The number of nitrogens with zero attached hydrogens (tertiary/aromatic N) is 1. The van der Waals surface area contributed by atoms with Gasteiger partial charge in [-0.2, -0.15) is 8.42 Å². The highest BCUT2D eigenvalue weighted by Gasteiger charge is 2.37. The van der Waals surface area contributed by atoms with Crippen LogP contribution in [0.5, 0.6) is 11.5 Å². The summed E-state index contributed by atoms with van der Waals surface area (Å²) < 4.78 is 37.4. The number of aryl methyl sites for hydroxylation is 2. The summed E-state index contributed by atoms with van der Waals surface area (Å²) in [6.07, 6.45) is 7.47. The molecular weight excluding hydrogens is 659 g/mol. The molecule has 1 aliphatic carbocycles. The van der Waals surface area contributed by atoms with Crippen LogP contribution in [0.2, 0.25) is 0 Å². The number of halogens is 1. The fraction of sp³-hybridized carbons (Fsp3) is 0.206. The van der Waals surface area contributed by atoms with Gasteiger partial charge in [0.25, 0.3) is 0 Å². The summed E-state index contributed by atoms with van der Waals surface area (Å²) in [5.74, 6) is 1.38. The Morgan fingerprint density at radius 3 is 2.43 bits per heavy atom. The van der Waals surface area contributed by atoms with Gasteiger partial charge in [-0.05, 0) is 108 Å². The molecule has 0 aromatic heterocycles. The van der Waals surface area contributed by atoms with Gasteiger partial charge in [0.15, 0.2) is 11.5 Å². The van der Waals surface area contributed by atoms with Crippen molar-refractivity contribution in [2.45, 2.75) is 37.1 Å². The first kappa shape index (κ1) is 28.5. The monoisotopic (exact) mass is 690 g/mol. The molecule has 0 unspecified atom stereocenters. The SMILES string of the molecule is COc1cc(C=Nc2ccc([C@@H]3Nc4ccc(C)cc4[C@H]4C=CC[C@H]43)cc2)cc(I)c1OS(=O)(=O)c1ccc(C)cc1. The lowest BCUT2D eigenvalue weighted by molar-refractivity contribution is 0.389. The fourth-order valence-electron chi connectivity index (χ4n) is 5.72. The molecule has 0 bridgehead atoms. The molecule has 0 radical (unpaired) electrons. The Kier molecular flexibility index (Phi) is 7.85. The Balaban J connectivity index is 1.20. The second-order valence-corrected chi connectivity index (χ2v) is 13.5. The summed E-state index contributed by atoms with van der Waals surface area (Å²) in [5.41, 5.74) is 7.68. The molecule has 4 aromatic carbocycles. The number of hydrogen-bond donors (Lipinski definition) is 1. The van der Waals surface area contributed by atoms with Crippen molar-refractivity contribution in [1.29, 1.82) is 0 Å². The third kappa shape index (κ3) is 5.70. The molecule has 0 saturated carbocycles. The van der Waals surface area contributed by atoms with Crippen LogP contribution in [0.3, 0.4) is 0 Å². The molecule has 0 fully saturated rings. The molecule has 8 heteroatoms. The Hall–Kier alpha value is -3.63. The molecule has 214 valence electrons. The Morgan fingerprint density at radius 1 is 0.952 bits per heavy atom. The van der Waals surface area contributed by atoms with Crippen LogP contribution in [0, 0.1) is 23.3 Å². The highest BCUT2D eigenvalue weighted by molar-refractivity contribution is 14.1. The quantitative estimate of drug-likeness (QED) is 0.0915. The van der Waals surface area contributed by atoms with E-state index < -0.39 is 10.1 Å². The van der Waals surface area contributed by atoms with Crippen LogP contribution >= 0.6 is 22.6 Å². The van der Waals surface area contributed by atoms with Gasteiger partial charge in [0.1, 0.15) is 4.90 Å². The van der Waals surface area contributed by atoms with Crippen molar-refractivity contribution in [2.75, 3.05) is 12.4 Å². The van der Waals surface area contributed by atoms with Crippen molar-refractivity contribution in [3.63, 3.8) is 0 Å². The molecule has 2 aliphatic rings. The van der Waals surface area contributed by atoms with Gasteiger partial charge in [-0.3, -0.25) is 4.99 Å². The van der Waals surface area contributed by atoms with Crippen LogP contribution in [0.1, 0.15) is 46.2 Å². The molecule has 4 aromatic rings. The molecule has 42 heavy (non-hydrogen) atoms. The smallest absolute Gasteiger partial charge is 0.339 e. The molecule has 0 amide bonds. The van der Waals surface area contributed by atoms with Crippen LogP contribution in [0.15, 0.2) is 101 Å². The van der Waals surface area contributed by atoms with Crippen LogP contribution in [0.4, 0.5) is 11.4 Å². The third-order valence-electron chi connectivity index (χ3n) is 7.89. The molecule has 1 heterocycles. The van der Waals surface area contributed by atoms with E-state index >= 15 is 0 Å². The van der Waals surface area contributed by atoms with Crippen LogP contribution in [-0.4, -0.2) is 21.7 Å². The highest BCUT2D eigenvalue weighted by Crippen LogP contribution is 2.50. The summed E-state index contributed by atoms with van der Waals surface area (Å²) in [4.78, 5) is 4.76. The van der Waals surface area contributed by atoms with Gasteiger partial charge >= 0.3 is 10.1 Å². The van der Waals surface area contributed by atoms with Gasteiger partial charge in [-0.25, -0.2) is 0 Å². The number of benzene rings is 4. The molecule has 6 rings (SSSR count). The minimum Gasteiger partial charge on any atom is -0.493 e. The van der Waals surface area contributed by atoms with E-state index in [1.807, 2.05) is 25.1 Å². The van der Waals surface area contributed by atoms with E-state index in [0.717, 1.165) is 23.2 Å². The molecule has 0 spiro atoms. The maximum absolute atomic E-state index is 12.9. The first-order chi connectivity index (χ1) is 20.2. The standard InChI is InChI=1S/C34H31IN2O4S/c1-21-7-14-26(15-8-21)42(38,39)41-34-30(35)18-23(19-32(34)40-3)20-36-25-12-10-24(11-13-25)33-28-6-4-5-27(28)29-17-22(2)9-16-31(29)37-33/h4-5,7-20,27-28,33,37H,6H2,1-3H3/t27-,28+,33-/m0/s1. The average molecular weight is 691 g/mol. The van der Waals surface area contributed by atoms with Crippen LogP contribution in [0.25, 0.3) is 0 Å². The van der Waals surface area contributed by atoms with E-state index in [1.165, 1.54) is 41.6 Å². The van der Waals surface area contributed by atoms with E-state index in [4.69, 9.17) is 8.92 Å². The second-order valence-electron chi connectivity index (χ2n) is 10.8. The summed E-state index contributed by atoms with van der Waals surface area (Å²) in [6.45, 7) is 4.04. The number of anilines is 1. The lowest BCUT2D eigenvalue weighted by Gasteiger charge is -2.37. The topological polar surface area (TPSA) is 77.0 Å². The highest BCUT2D eigenvalue weighted by atomic mass is 127. The van der Waals surface area contributed by atoms with Crippen molar-refractivity contribution in [1.82, 2.24) is 0 Å². The predicted molar refractivity (Wildman–Crippen MR) is 176 cm³/mol. The van der Waals surface area contributed by atoms with Crippen LogP contribution in [-0.2, 0) is 10.1 Å². The van der Waals surface area contributed by atoms with Gasteiger partial charge in [-0.1, -0.05) is 59.7 Å². The van der Waals surface area contributed by atoms with E-state index in [1.54, 1.807) is 24.4 Å². The number of nitrogens with one attached hydrogen (secondary N) is 1. The zero-order chi connectivity index (χ0) is 29.4. The van der Waals surface area contributed by atoms with Crippen molar-refractivity contribution in [3.8, 4) is 11.5 Å². The van der Waals surface area contributed by atoms with E-state index in [-0.39, 0.29) is 16.7 Å². The number of fused-ring (bicyclic) bond motifs is 3. The molecule has 3 atom stereocenters. The first-order valence-electron chi connectivity index (χ1n) is 13.8. The number of aliphatic imine (C=N–C) groups is 1. The maximum Gasteiger partial charge on any atom is 0.339 e. The lowest BCUT2D eigenvalue weighted by atomic mass is 9.76. The Labute approximate surface area is 260 Å². The van der Waals surface area contributed by atoms with Crippen molar-refractivity contribution in [2.24, 2.45) is 10.9 Å². The molecule has 6 nitrogen and oxygen atoms in total. The van der Waals surface area contributed by atoms with E-state index in [9.17, 15) is 8.42 Å². The Bertz CT molecular complexity index is 1800. The minimum atomic E-state index is -4.02. The van der Waals surface area contributed by atoms with Crippen LogP contribution < -0.4 is 14.2 Å². The minimum absolute atomic E-state index is 0.0856. The zero-order valence-electron chi connectivity index (χ0n) is 23.5. The van der Waals surface area contributed by atoms with Gasteiger partial charge in [0, 0.05) is 17.8 Å². The van der Waals surface area contributed by atoms with Gasteiger partial charge in [0.2, 0.25) is 0 Å². The number of allylic oxidation sites excluding steroid dienone is 2. The predicted octanol–water partition coefficient (Wildman–Crippen LogP) is 8.26. The first-order valence-corrected chi connectivity index (χ1v) is 16.3. The number of hydrogen-bond acceptors (Lipinski definition) is 6. The Morgan fingerprint density at radius 2 is 1.69 bits per heavy atom. The average Bonchev–Trinajstić information content (AvgIpc) is 3.48. The van der Waals surface area contributed by atoms with Crippen molar-refractivity contribution < 1.29 is 17.3 Å². The number of ether oxygens (including phenoxy) is 1.